The van der Waals surface area contributed by atoms with Crippen LogP contribution in [-0.2, 0) is 12.6 Å². The Morgan fingerprint density at radius 3 is 2.35 bits per heavy atom. The van der Waals surface area contributed by atoms with Gasteiger partial charge in [-0.15, -0.1) is 0 Å². The van der Waals surface area contributed by atoms with Gasteiger partial charge in [-0.1, -0.05) is 19.9 Å². The molecule has 2 aromatic carbocycles. The average molecular weight is 505 g/mol. The fourth-order valence-electron chi connectivity index (χ4n) is 4.31. The molecule has 0 amide bonds. The molecule has 196 valence electrons. The van der Waals surface area contributed by atoms with Crippen LogP contribution in [0.2, 0.25) is 0 Å². The van der Waals surface area contributed by atoms with Gasteiger partial charge in [-0.2, -0.15) is 5.10 Å². The van der Waals surface area contributed by atoms with Crippen LogP contribution in [0, 0.1) is 0 Å². The molecule has 2 aromatic heterocycles. The highest BCUT2D eigenvalue weighted by Crippen LogP contribution is 2.38. The predicted molar refractivity (Wildman–Crippen MR) is 145 cm³/mol. The highest BCUT2D eigenvalue weighted by molar-refractivity contribution is 5.78. The molecule has 0 bridgehead atoms. The molecule has 0 unspecified atom stereocenters. The number of fused-ring (bicyclic) bond motifs is 1. The largest absolute Gasteiger partial charge is 0.497 e. The lowest BCUT2D eigenvalue weighted by Gasteiger charge is -2.30. The van der Waals surface area contributed by atoms with Gasteiger partial charge in [0.05, 0.1) is 43.3 Å². The zero-order chi connectivity index (χ0) is 26.4. The first-order chi connectivity index (χ1) is 17.8. The number of aryl methyl sites for hydroxylation is 1. The van der Waals surface area contributed by atoms with Crippen LogP contribution in [0.4, 0.5) is 0 Å². The van der Waals surface area contributed by atoms with Crippen molar-refractivity contribution < 1.29 is 14.6 Å². The molecule has 9 nitrogen and oxygen atoms in total. The number of nitrogens with one attached hydrogen (secondary N) is 2. The summed E-state index contributed by atoms with van der Waals surface area (Å²) in [6.45, 7) is 6.50. The minimum Gasteiger partial charge on any atom is -0.497 e. The third-order valence-electron chi connectivity index (χ3n) is 6.37. The van der Waals surface area contributed by atoms with E-state index in [0.29, 0.717) is 41.6 Å². The first-order valence-corrected chi connectivity index (χ1v) is 12.5. The molecule has 4 aromatic rings. The standard InChI is InChI=1S/C28H36N6O3/c1-19(2)30-11-10-29-9-8-28(35,22-12-23(36-4)15-24(13-22)37-5)21-6-7-25-26(14-21)33-27(17-31-25)20-16-32-34(3)18-20/h6-7,12-19,29-30,35H,8-11H2,1-5H3/t28-/m1/s1. The highest BCUT2D eigenvalue weighted by Gasteiger charge is 2.33. The van der Waals surface area contributed by atoms with Crippen molar-refractivity contribution in [3.05, 3.63) is 66.1 Å². The first kappa shape index (κ1) is 26.5. The normalized spacial score (nSPS) is 13.2. The van der Waals surface area contributed by atoms with Gasteiger partial charge in [-0.25, -0.2) is 4.98 Å². The van der Waals surface area contributed by atoms with Gasteiger partial charge in [0.15, 0.2) is 0 Å². The fraction of sp³-hybridized carbons (Fsp3) is 0.393. The Morgan fingerprint density at radius 2 is 1.70 bits per heavy atom. The smallest absolute Gasteiger partial charge is 0.122 e. The van der Waals surface area contributed by atoms with Crippen LogP contribution >= 0.6 is 0 Å². The maximum atomic E-state index is 12.3. The van der Waals surface area contributed by atoms with Gasteiger partial charge >= 0.3 is 0 Å². The maximum Gasteiger partial charge on any atom is 0.122 e. The number of nitrogens with zero attached hydrogens (tertiary/aromatic N) is 4. The summed E-state index contributed by atoms with van der Waals surface area (Å²) in [5.41, 5.74) is 3.14. The number of benzene rings is 2. The second kappa shape index (κ2) is 11.7. The number of hydrogen-bond acceptors (Lipinski definition) is 8. The molecule has 0 aliphatic carbocycles. The average Bonchev–Trinajstić information content (AvgIpc) is 3.35. The van der Waals surface area contributed by atoms with Crippen LogP contribution in [0.1, 0.15) is 31.4 Å². The van der Waals surface area contributed by atoms with Crippen LogP contribution in [-0.4, -0.2) is 64.8 Å². The second-order valence-corrected chi connectivity index (χ2v) is 9.43. The summed E-state index contributed by atoms with van der Waals surface area (Å²) < 4.78 is 12.7. The molecule has 0 saturated carbocycles. The van der Waals surface area contributed by atoms with Crippen molar-refractivity contribution in [3.63, 3.8) is 0 Å². The lowest BCUT2D eigenvalue weighted by atomic mass is 9.83. The first-order valence-electron chi connectivity index (χ1n) is 12.5. The Morgan fingerprint density at radius 1 is 0.946 bits per heavy atom. The van der Waals surface area contributed by atoms with E-state index in [1.807, 2.05) is 43.6 Å². The van der Waals surface area contributed by atoms with E-state index in [1.165, 1.54) is 0 Å². The van der Waals surface area contributed by atoms with E-state index in [2.05, 4.69) is 34.6 Å². The number of hydrogen-bond donors (Lipinski definition) is 3. The van der Waals surface area contributed by atoms with Gasteiger partial charge in [-0.05, 0) is 48.4 Å². The van der Waals surface area contributed by atoms with Crippen LogP contribution in [0.25, 0.3) is 22.3 Å². The van der Waals surface area contributed by atoms with Crippen molar-refractivity contribution in [1.82, 2.24) is 30.4 Å². The van der Waals surface area contributed by atoms with Crippen molar-refractivity contribution in [2.24, 2.45) is 7.05 Å². The molecule has 0 spiro atoms. The summed E-state index contributed by atoms with van der Waals surface area (Å²) >= 11 is 0. The SMILES string of the molecule is COc1cc(OC)cc([C@@](O)(CCNCCNC(C)C)c2ccc3ncc(-c4cnn(C)c4)nc3c2)c1. The molecule has 2 heterocycles. The Balaban J connectivity index is 1.71. The summed E-state index contributed by atoms with van der Waals surface area (Å²) in [5.74, 6) is 1.22. The van der Waals surface area contributed by atoms with Gasteiger partial charge in [0, 0.05) is 44.0 Å². The molecule has 37 heavy (non-hydrogen) atoms. The van der Waals surface area contributed by atoms with Crippen molar-refractivity contribution in [2.75, 3.05) is 33.9 Å². The van der Waals surface area contributed by atoms with Gasteiger partial charge in [-0.3, -0.25) is 9.67 Å². The topological polar surface area (TPSA) is 106 Å². The number of aromatic nitrogens is 4. The van der Waals surface area contributed by atoms with Crippen LogP contribution in [0.5, 0.6) is 11.5 Å². The Bertz CT molecular complexity index is 1320. The molecule has 3 N–H and O–H groups in total. The third-order valence-corrected chi connectivity index (χ3v) is 6.37. The highest BCUT2D eigenvalue weighted by atomic mass is 16.5. The summed E-state index contributed by atoms with van der Waals surface area (Å²) in [6, 6.07) is 11.6. The van der Waals surface area contributed by atoms with Gasteiger partial charge in [0.1, 0.15) is 17.1 Å². The second-order valence-electron chi connectivity index (χ2n) is 9.43. The minimum atomic E-state index is -1.32. The fourth-order valence-corrected chi connectivity index (χ4v) is 4.31. The molecule has 1 atom stereocenters. The van der Waals surface area contributed by atoms with E-state index < -0.39 is 5.60 Å². The number of aliphatic hydroxyl groups is 1. The summed E-state index contributed by atoms with van der Waals surface area (Å²) in [4.78, 5) is 9.42. The van der Waals surface area contributed by atoms with E-state index in [9.17, 15) is 5.11 Å². The molecule has 0 aliphatic heterocycles. The van der Waals surface area contributed by atoms with Crippen molar-refractivity contribution in [2.45, 2.75) is 31.9 Å². The summed E-state index contributed by atoms with van der Waals surface area (Å²) in [7, 11) is 5.07. The number of methoxy groups -OCH3 is 2. The van der Waals surface area contributed by atoms with Crippen LogP contribution in [0.3, 0.4) is 0 Å². The van der Waals surface area contributed by atoms with E-state index in [1.54, 1.807) is 37.4 Å². The predicted octanol–water partition coefficient (Wildman–Crippen LogP) is 3.26. The molecule has 0 saturated heterocycles. The van der Waals surface area contributed by atoms with Gasteiger partial charge in [0.25, 0.3) is 0 Å². The number of rotatable bonds is 12. The molecule has 9 heteroatoms. The molecule has 0 aliphatic rings. The van der Waals surface area contributed by atoms with Crippen LogP contribution < -0.4 is 20.1 Å². The Hall–Kier alpha value is -3.53. The van der Waals surface area contributed by atoms with Crippen molar-refractivity contribution in [3.8, 4) is 22.8 Å². The molecular formula is C28H36N6O3. The zero-order valence-electron chi connectivity index (χ0n) is 22.2. The molecular weight excluding hydrogens is 468 g/mol. The summed E-state index contributed by atoms with van der Waals surface area (Å²) in [6.07, 6.45) is 5.84. The molecule has 0 radical (unpaired) electrons. The zero-order valence-corrected chi connectivity index (χ0v) is 22.2. The summed E-state index contributed by atoms with van der Waals surface area (Å²) in [5, 5.41) is 23.3. The Kier molecular flexibility index (Phi) is 8.38. The lowest BCUT2D eigenvalue weighted by molar-refractivity contribution is 0.0708. The van der Waals surface area contributed by atoms with E-state index in [-0.39, 0.29) is 0 Å². The lowest BCUT2D eigenvalue weighted by Crippen LogP contribution is -2.36. The quantitative estimate of drug-likeness (QED) is 0.253. The maximum absolute atomic E-state index is 12.3. The van der Waals surface area contributed by atoms with E-state index >= 15 is 0 Å². The van der Waals surface area contributed by atoms with E-state index in [0.717, 1.165) is 35.4 Å². The van der Waals surface area contributed by atoms with E-state index in [4.69, 9.17) is 14.5 Å². The van der Waals surface area contributed by atoms with Crippen molar-refractivity contribution in [1.29, 1.82) is 0 Å². The van der Waals surface area contributed by atoms with Crippen LogP contribution in [0.15, 0.2) is 55.0 Å². The minimum absolute atomic E-state index is 0.429. The monoisotopic (exact) mass is 504 g/mol. The van der Waals surface area contributed by atoms with Gasteiger partial charge in [0.2, 0.25) is 0 Å². The third kappa shape index (κ3) is 6.25. The molecule has 4 rings (SSSR count). The Labute approximate surface area is 217 Å². The molecule has 0 fully saturated rings. The number of ether oxygens (including phenoxy) is 2. The van der Waals surface area contributed by atoms with Crippen molar-refractivity contribution >= 4 is 11.0 Å². The van der Waals surface area contributed by atoms with Gasteiger partial charge < -0.3 is 25.2 Å².